The molecule has 2 aromatic carbocycles. The molecule has 3 aromatic rings. The summed E-state index contributed by atoms with van der Waals surface area (Å²) in [6.07, 6.45) is 0. The summed E-state index contributed by atoms with van der Waals surface area (Å²) in [7, 11) is -3.59. The topological polar surface area (TPSA) is 79.6 Å². The normalized spacial score (nSPS) is 11.9. The van der Waals surface area contributed by atoms with Gasteiger partial charge in [-0.25, -0.2) is 8.42 Å². The van der Waals surface area contributed by atoms with Gasteiger partial charge in [-0.3, -0.25) is 4.79 Å². The number of benzene rings is 2. The van der Waals surface area contributed by atoms with E-state index in [1.807, 2.05) is 32.0 Å². The third-order valence-electron chi connectivity index (χ3n) is 5.09. The second kappa shape index (κ2) is 8.00. The van der Waals surface area contributed by atoms with Gasteiger partial charge in [0.15, 0.2) is 5.76 Å². The molecule has 0 saturated heterocycles. The number of nitrogens with zero attached hydrogens (tertiary/aromatic N) is 1. The Morgan fingerprint density at radius 1 is 1.03 bits per heavy atom. The molecule has 0 atom stereocenters. The summed E-state index contributed by atoms with van der Waals surface area (Å²) >= 11 is 0. The van der Waals surface area contributed by atoms with Crippen LogP contribution in [0.4, 0.5) is 5.69 Å². The molecule has 0 radical (unpaired) electrons. The van der Waals surface area contributed by atoms with E-state index in [0.29, 0.717) is 35.3 Å². The van der Waals surface area contributed by atoms with E-state index in [0.717, 1.165) is 11.1 Å². The fourth-order valence-corrected chi connectivity index (χ4v) is 4.91. The number of sulfonamides is 1. The third-order valence-corrected chi connectivity index (χ3v) is 7.13. The van der Waals surface area contributed by atoms with Crippen LogP contribution in [-0.2, 0) is 10.0 Å². The summed E-state index contributed by atoms with van der Waals surface area (Å²) in [4.78, 5) is 13.0. The molecule has 0 saturated carbocycles. The van der Waals surface area contributed by atoms with Gasteiger partial charge in [0, 0.05) is 29.7 Å². The van der Waals surface area contributed by atoms with Crippen LogP contribution in [0.25, 0.3) is 11.0 Å². The number of hydrogen-bond acceptors (Lipinski definition) is 4. The van der Waals surface area contributed by atoms with Crippen LogP contribution in [0.5, 0.6) is 0 Å². The Bertz CT molecular complexity index is 1170. The van der Waals surface area contributed by atoms with Crippen LogP contribution < -0.4 is 5.32 Å². The first kappa shape index (κ1) is 21.1. The second-order valence-corrected chi connectivity index (χ2v) is 9.01. The van der Waals surface area contributed by atoms with Crippen LogP contribution >= 0.6 is 0 Å². The Morgan fingerprint density at radius 3 is 2.34 bits per heavy atom. The number of nitrogens with one attached hydrogen (secondary N) is 1. The highest BCUT2D eigenvalue weighted by molar-refractivity contribution is 7.89. The second-order valence-electron chi connectivity index (χ2n) is 7.08. The molecule has 1 amide bonds. The number of aryl methyl sites for hydroxylation is 3. The Labute approximate surface area is 171 Å². The standard InChI is InChI=1S/C22H26N2O4S/c1-6-24(7-2)29(26,27)17-9-11-20-18(13-17)16(5)21(28-20)22(25)23-19-10-8-14(3)12-15(19)4/h8-13H,6-7H2,1-5H3,(H,23,25). The van der Waals surface area contributed by atoms with Gasteiger partial charge in [0.05, 0.1) is 4.90 Å². The first-order valence-corrected chi connectivity index (χ1v) is 11.0. The number of hydrogen-bond donors (Lipinski definition) is 1. The molecule has 1 heterocycles. The first-order chi connectivity index (χ1) is 13.7. The van der Waals surface area contributed by atoms with E-state index in [2.05, 4.69) is 5.32 Å². The van der Waals surface area contributed by atoms with E-state index in [4.69, 9.17) is 4.42 Å². The Kier molecular flexibility index (Phi) is 5.82. The minimum absolute atomic E-state index is 0.178. The summed E-state index contributed by atoms with van der Waals surface area (Å²) in [5.74, 6) is -0.184. The fourth-order valence-electron chi connectivity index (χ4n) is 3.42. The number of anilines is 1. The monoisotopic (exact) mass is 414 g/mol. The van der Waals surface area contributed by atoms with E-state index in [1.54, 1.807) is 32.9 Å². The first-order valence-electron chi connectivity index (χ1n) is 9.61. The Hall–Kier alpha value is -2.64. The quantitative estimate of drug-likeness (QED) is 0.637. The molecule has 0 aliphatic heterocycles. The van der Waals surface area contributed by atoms with Gasteiger partial charge in [-0.2, -0.15) is 4.31 Å². The van der Waals surface area contributed by atoms with Gasteiger partial charge >= 0.3 is 0 Å². The maximum absolute atomic E-state index is 12.8. The average molecular weight is 415 g/mol. The van der Waals surface area contributed by atoms with Crippen LogP contribution in [0.15, 0.2) is 45.7 Å². The lowest BCUT2D eigenvalue weighted by atomic mass is 10.1. The lowest BCUT2D eigenvalue weighted by Gasteiger charge is -2.18. The van der Waals surface area contributed by atoms with Crippen molar-refractivity contribution in [2.75, 3.05) is 18.4 Å². The largest absolute Gasteiger partial charge is 0.451 e. The zero-order valence-electron chi connectivity index (χ0n) is 17.4. The van der Waals surface area contributed by atoms with Gasteiger partial charge in [-0.15, -0.1) is 0 Å². The molecule has 0 aliphatic carbocycles. The van der Waals surface area contributed by atoms with Crippen molar-refractivity contribution in [2.24, 2.45) is 0 Å². The summed E-state index contributed by atoms with van der Waals surface area (Å²) in [6.45, 7) is 10.1. The molecule has 0 fully saturated rings. The summed E-state index contributed by atoms with van der Waals surface area (Å²) in [5.41, 5.74) is 3.87. The van der Waals surface area contributed by atoms with Gasteiger partial charge in [0.25, 0.3) is 5.91 Å². The summed E-state index contributed by atoms with van der Waals surface area (Å²) in [5, 5.41) is 3.49. The van der Waals surface area contributed by atoms with Crippen LogP contribution in [0.2, 0.25) is 0 Å². The van der Waals surface area contributed by atoms with Crippen LogP contribution in [0, 0.1) is 20.8 Å². The zero-order valence-corrected chi connectivity index (χ0v) is 18.2. The molecule has 1 aromatic heterocycles. The minimum atomic E-state index is -3.59. The van der Waals surface area contributed by atoms with Gasteiger partial charge in [-0.05, 0) is 50.6 Å². The molecule has 0 aliphatic rings. The highest BCUT2D eigenvalue weighted by Gasteiger charge is 2.24. The van der Waals surface area contributed by atoms with Gasteiger partial charge in [-0.1, -0.05) is 31.5 Å². The molecular weight excluding hydrogens is 388 g/mol. The maximum atomic E-state index is 12.8. The van der Waals surface area contributed by atoms with Crippen LogP contribution in [-0.4, -0.2) is 31.7 Å². The van der Waals surface area contributed by atoms with E-state index in [9.17, 15) is 13.2 Å². The van der Waals surface area contributed by atoms with Crippen molar-refractivity contribution >= 4 is 32.6 Å². The Balaban J connectivity index is 1.99. The van der Waals surface area contributed by atoms with Crippen molar-refractivity contribution in [3.63, 3.8) is 0 Å². The lowest BCUT2D eigenvalue weighted by Crippen LogP contribution is -2.30. The number of carbonyl (C=O) groups is 1. The molecule has 29 heavy (non-hydrogen) atoms. The van der Waals surface area contributed by atoms with Crippen LogP contribution in [0.1, 0.15) is 41.1 Å². The predicted octanol–water partition coefficient (Wildman–Crippen LogP) is 4.64. The Morgan fingerprint density at radius 2 is 1.72 bits per heavy atom. The van der Waals surface area contributed by atoms with Crippen molar-refractivity contribution in [3.05, 3.63) is 58.8 Å². The van der Waals surface area contributed by atoms with Crippen LogP contribution in [0.3, 0.4) is 0 Å². The van der Waals surface area contributed by atoms with Crippen molar-refractivity contribution < 1.29 is 17.6 Å². The highest BCUT2D eigenvalue weighted by atomic mass is 32.2. The number of carbonyl (C=O) groups excluding carboxylic acids is 1. The molecule has 6 nitrogen and oxygen atoms in total. The number of rotatable bonds is 6. The lowest BCUT2D eigenvalue weighted by molar-refractivity contribution is 0.0998. The molecule has 0 bridgehead atoms. The molecule has 7 heteroatoms. The van der Waals surface area contributed by atoms with E-state index < -0.39 is 10.0 Å². The maximum Gasteiger partial charge on any atom is 0.291 e. The summed E-state index contributed by atoms with van der Waals surface area (Å²) in [6, 6.07) is 10.5. The summed E-state index contributed by atoms with van der Waals surface area (Å²) < 4.78 is 32.8. The minimum Gasteiger partial charge on any atom is -0.451 e. The molecule has 0 unspecified atom stereocenters. The molecule has 0 spiro atoms. The smallest absolute Gasteiger partial charge is 0.291 e. The highest BCUT2D eigenvalue weighted by Crippen LogP contribution is 2.29. The van der Waals surface area contributed by atoms with Crippen molar-refractivity contribution in [2.45, 2.75) is 39.5 Å². The van der Waals surface area contributed by atoms with E-state index in [1.165, 1.54) is 10.4 Å². The van der Waals surface area contributed by atoms with Gasteiger partial charge in [0.1, 0.15) is 5.58 Å². The predicted molar refractivity (Wildman–Crippen MR) is 115 cm³/mol. The zero-order chi connectivity index (χ0) is 21.3. The third kappa shape index (κ3) is 3.93. The van der Waals surface area contributed by atoms with Crippen molar-refractivity contribution in [3.8, 4) is 0 Å². The number of fused-ring (bicyclic) bond motifs is 1. The average Bonchev–Trinajstić information content (AvgIpc) is 3.01. The van der Waals surface area contributed by atoms with E-state index >= 15 is 0 Å². The SMILES string of the molecule is CCN(CC)S(=O)(=O)c1ccc2oc(C(=O)Nc3ccc(C)cc3C)c(C)c2c1. The van der Waals surface area contributed by atoms with E-state index in [-0.39, 0.29) is 16.6 Å². The van der Waals surface area contributed by atoms with Gasteiger partial charge in [0.2, 0.25) is 10.0 Å². The number of furan rings is 1. The molecule has 3 rings (SSSR count). The van der Waals surface area contributed by atoms with Gasteiger partial charge < -0.3 is 9.73 Å². The molecule has 154 valence electrons. The van der Waals surface area contributed by atoms with Crippen molar-refractivity contribution in [1.29, 1.82) is 0 Å². The molecular formula is C22H26N2O4S. The number of amides is 1. The molecule has 1 N–H and O–H groups in total. The fraction of sp³-hybridized carbons (Fsp3) is 0.318. The van der Waals surface area contributed by atoms with Crippen molar-refractivity contribution in [1.82, 2.24) is 4.31 Å².